The second-order valence-electron chi connectivity index (χ2n) is 4.09. The molecule has 0 atom stereocenters. The quantitative estimate of drug-likeness (QED) is 0.550. The average molecular weight is 278 g/mol. The molecule has 0 amide bonds. The second kappa shape index (κ2) is 11.4. The van der Waals surface area contributed by atoms with Crippen molar-refractivity contribution in [1.82, 2.24) is 0 Å². The van der Waals surface area contributed by atoms with Gasteiger partial charge in [-0.15, -0.1) is 0 Å². The molecule has 1 N–H and O–H groups in total. The van der Waals surface area contributed by atoms with Gasteiger partial charge in [-0.05, 0) is 11.6 Å². The molecule has 0 saturated carbocycles. The largest absolute Gasteiger partial charge is 0.395 e. The number of aliphatic hydroxyl groups is 1. The number of hydrogen-bond donors (Lipinski definition) is 1. The zero-order chi connectivity index (χ0) is 14.5. The smallest absolute Gasteiger partial charge is 0.0730 e. The van der Waals surface area contributed by atoms with Crippen LogP contribution in [0.5, 0.6) is 0 Å². The molecule has 0 bridgehead atoms. The van der Waals surface area contributed by atoms with Gasteiger partial charge in [0.25, 0.3) is 0 Å². The van der Waals surface area contributed by atoms with Crippen LogP contribution in [0.25, 0.3) is 0 Å². The summed E-state index contributed by atoms with van der Waals surface area (Å²) in [6.45, 7) is 2.89. The van der Waals surface area contributed by atoms with Crippen LogP contribution in [0, 0.1) is 11.8 Å². The van der Waals surface area contributed by atoms with Gasteiger partial charge < -0.3 is 19.3 Å². The first-order valence-electron chi connectivity index (χ1n) is 6.70. The molecule has 0 aliphatic carbocycles. The minimum absolute atomic E-state index is 0.0878. The van der Waals surface area contributed by atoms with Gasteiger partial charge in [0, 0.05) is 19.1 Å². The van der Waals surface area contributed by atoms with Crippen LogP contribution in [0.15, 0.2) is 24.3 Å². The zero-order valence-corrected chi connectivity index (χ0v) is 11.9. The van der Waals surface area contributed by atoms with E-state index in [1.807, 2.05) is 24.3 Å². The molecule has 0 aliphatic rings. The number of ether oxygens (including phenoxy) is 3. The van der Waals surface area contributed by atoms with E-state index in [1.54, 1.807) is 7.11 Å². The van der Waals surface area contributed by atoms with Crippen LogP contribution in [0.2, 0.25) is 0 Å². The Morgan fingerprint density at radius 3 is 2.60 bits per heavy atom. The monoisotopic (exact) mass is 278 g/mol. The van der Waals surface area contributed by atoms with E-state index in [1.165, 1.54) is 0 Å². The van der Waals surface area contributed by atoms with E-state index in [9.17, 15) is 0 Å². The SMILES string of the molecule is COCCOCCOCc1ccccc1C#CCCO. The lowest BCUT2D eigenvalue weighted by atomic mass is 10.1. The molecule has 110 valence electrons. The van der Waals surface area contributed by atoms with E-state index >= 15 is 0 Å². The summed E-state index contributed by atoms with van der Waals surface area (Å²) in [5.74, 6) is 5.97. The van der Waals surface area contributed by atoms with Gasteiger partial charge in [-0.3, -0.25) is 0 Å². The van der Waals surface area contributed by atoms with Crippen molar-refractivity contribution >= 4 is 0 Å². The molecule has 0 radical (unpaired) electrons. The first kappa shape index (κ1) is 16.7. The van der Waals surface area contributed by atoms with Crippen molar-refractivity contribution in [1.29, 1.82) is 0 Å². The number of methoxy groups -OCH3 is 1. The topological polar surface area (TPSA) is 47.9 Å². The molecule has 1 aromatic carbocycles. The van der Waals surface area contributed by atoms with Crippen LogP contribution in [0.3, 0.4) is 0 Å². The first-order chi connectivity index (χ1) is 9.88. The van der Waals surface area contributed by atoms with E-state index in [0.29, 0.717) is 39.5 Å². The summed E-state index contributed by atoms with van der Waals surface area (Å²) in [4.78, 5) is 0. The summed E-state index contributed by atoms with van der Waals surface area (Å²) in [6.07, 6.45) is 0.489. The molecule has 0 heterocycles. The third-order valence-corrected chi connectivity index (χ3v) is 2.54. The molecule has 0 spiro atoms. The summed E-state index contributed by atoms with van der Waals surface area (Å²) in [7, 11) is 1.65. The summed E-state index contributed by atoms with van der Waals surface area (Å²) in [5.41, 5.74) is 2.00. The Morgan fingerprint density at radius 2 is 1.80 bits per heavy atom. The Morgan fingerprint density at radius 1 is 1.05 bits per heavy atom. The molecule has 20 heavy (non-hydrogen) atoms. The Balaban J connectivity index is 2.31. The third-order valence-electron chi connectivity index (χ3n) is 2.54. The lowest BCUT2D eigenvalue weighted by molar-refractivity contribution is 0.0199. The highest BCUT2D eigenvalue weighted by Gasteiger charge is 1.99. The molecule has 0 aliphatic heterocycles. The molecule has 4 heteroatoms. The van der Waals surface area contributed by atoms with Crippen molar-refractivity contribution in [3.8, 4) is 11.8 Å². The molecule has 1 aromatic rings. The molecular formula is C16H22O4. The summed E-state index contributed by atoms with van der Waals surface area (Å²) in [6, 6.07) is 7.86. The van der Waals surface area contributed by atoms with Crippen LogP contribution in [-0.4, -0.2) is 45.3 Å². The van der Waals surface area contributed by atoms with Gasteiger partial charge >= 0.3 is 0 Å². The minimum atomic E-state index is 0.0878. The normalized spacial score (nSPS) is 10.1. The van der Waals surface area contributed by atoms with Crippen LogP contribution >= 0.6 is 0 Å². The maximum absolute atomic E-state index is 8.73. The van der Waals surface area contributed by atoms with Crippen molar-refractivity contribution in [2.24, 2.45) is 0 Å². The zero-order valence-electron chi connectivity index (χ0n) is 11.9. The molecule has 1 rings (SSSR count). The lowest BCUT2D eigenvalue weighted by Gasteiger charge is -2.07. The predicted octanol–water partition coefficient (Wildman–Crippen LogP) is 1.60. The second-order valence-corrected chi connectivity index (χ2v) is 4.09. The number of aliphatic hydroxyl groups excluding tert-OH is 1. The summed E-state index contributed by atoms with van der Waals surface area (Å²) >= 11 is 0. The van der Waals surface area contributed by atoms with E-state index in [4.69, 9.17) is 19.3 Å². The lowest BCUT2D eigenvalue weighted by Crippen LogP contribution is -2.08. The Kier molecular flexibility index (Phi) is 9.54. The molecule has 4 nitrogen and oxygen atoms in total. The van der Waals surface area contributed by atoms with Crippen LogP contribution < -0.4 is 0 Å². The third kappa shape index (κ3) is 7.27. The molecule has 0 unspecified atom stereocenters. The van der Waals surface area contributed by atoms with Crippen molar-refractivity contribution in [2.75, 3.05) is 40.1 Å². The fourth-order valence-corrected chi connectivity index (χ4v) is 1.53. The van der Waals surface area contributed by atoms with Crippen LogP contribution in [-0.2, 0) is 20.8 Å². The number of hydrogen-bond acceptors (Lipinski definition) is 4. The van der Waals surface area contributed by atoms with Gasteiger partial charge in [-0.25, -0.2) is 0 Å². The van der Waals surface area contributed by atoms with Crippen LogP contribution in [0.1, 0.15) is 17.5 Å². The van der Waals surface area contributed by atoms with Gasteiger partial charge in [-0.2, -0.15) is 0 Å². The highest BCUT2D eigenvalue weighted by atomic mass is 16.5. The first-order valence-corrected chi connectivity index (χ1v) is 6.70. The predicted molar refractivity (Wildman–Crippen MR) is 77.4 cm³/mol. The molecule has 0 saturated heterocycles. The van der Waals surface area contributed by atoms with Gasteiger partial charge in [-0.1, -0.05) is 30.0 Å². The number of benzene rings is 1. The van der Waals surface area contributed by atoms with Gasteiger partial charge in [0.2, 0.25) is 0 Å². The Hall–Kier alpha value is -1.38. The van der Waals surface area contributed by atoms with Crippen molar-refractivity contribution in [3.05, 3.63) is 35.4 Å². The van der Waals surface area contributed by atoms with Gasteiger partial charge in [0.05, 0.1) is 39.6 Å². The van der Waals surface area contributed by atoms with Gasteiger partial charge in [0.15, 0.2) is 0 Å². The fraction of sp³-hybridized carbons (Fsp3) is 0.500. The van der Waals surface area contributed by atoms with Crippen molar-refractivity contribution < 1.29 is 19.3 Å². The fourth-order valence-electron chi connectivity index (χ4n) is 1.53. The maximum Gasteiger partial charge on any atom is 0.0730 e. The maximum atomic E-state index is 8.73. The Labute approximate surface area is 120 Å². The van der Waals surface area contributed by atoms with Crippen molar-refractivity contribution in [3.63, 3.8) is 0 Å². The minimum Gasteiger partial charge on any atom is -0.395 e. The van der Waals surface area contributed by atoms with E-state index in [-0.39, 0.29) is 6.61 Å². The van der Waals surface area contributed by atoms with Gasteiger partial charge in [0.1, 0.15) is 0 Å². The number of rotatable bonds is 9. The van der Waals surface area contributed by atoms with E-state index in [0.717, 1.165) is 11.1 Å². The van der Waals surface area contributed by atoms with E-state index < -0.39 is 0 Å². The summed E-state index contributed by atoms with van der Waals surface area (Å²) < 4.78 is 15.8. The molecular weight excluding hydrogens is 256 g/mol. The Bertz CT molecular complexity index is 420. The molecule has 0 aromatic heterocycles. The summed E-state index contributed by atoms with van der Waals surface area (Å²) in [5, 5.41) is 8.73. The average Bonchev–Trinajstić information content (AvgIpc) is 2.48. The van der Waals surface area contributed by atoms with E-state index in [2.05, 4.69) is 11.8 Å². The van der Waals surface area contributed by atoms with Crippen molar-refractivity contribution in [2.45, 2.75) is 13.0 Å². The van der Waals surface area contributed by atoms with Crippen LogP contribution in [0.4, 0.5) is 0 Å². The molecule has 0 fully saturated rings. The standard InChI is InChI=1S/C16H22O4/c1-18-10-11-19-12-13-20-14-16-8-3-2-6-15(16)7-4-5-9-17/h2-3,6,8,17H,5,9-14H2,1H3. The highest BCUT2D eigenvalue weighted by Crippen LogP contribution is 2.08. The highest BCUT2D eigenvalue weighted by molar-refractivity contribution is 5.40.